The Morgan fingerprint density at radius 2 is 1.50 bits per heavy atom. The maximum Gasteiger partial charge on any atom is 0.274 e. The molecule has 3 atom stereocenters. The Morgan fingerprint density at radius 1 is 0.760 bits per heavy atom. The van der Waals surface area contributed by atoms with Gasteiger partial charge >= 0.3 is 0 Å². The zero-order valence-corrected chi connectivity index (χ0v) is 29.1. The lowest BCUT2D eigenvalue weighted by atomic mass is 9.79. The summed E-state index contributed by atoms with van der Waals surface area (Å²) >= 11 is 0. The number of nitrogens with zero attached hydrogens (tertiary/aromatic N) is 3. The topological polar surface area (TPSA) is 20.3 Å². The Balaban J connectivity index is 1.23. The van der Waals surface area contributed by atoms with E-state index < -0.39 is 0 Å². The zero-order valence-electron chi connectivity index (χ0n) is 29.1. The smallest absolute Gasteiger partial charge is 0.274 e. The fourth-order valence-electron chi connectivity index (χ4n) is 9.28. The maximum atomic E-state index is 5.25. The van der Waals surface area contributed by atoms with Crippen LogP contribution >= 0.6 is 0 Å². The minimum atomic E-state index is -0.0938. The summed E-state index contributed by atoms with van der Waals surface area (Å²) in [6.45, 7) is 9.47. The van der Waals surface area contributed by atoms with Crippen molar-refractivity contribution in [2.75, 3.05) is 0 Å². The lowest BCUT2D eigenvalue weighted by molar-refractivity contribution is -0.458. The fourth-order valence-corrected chi connectivity index (χ4v) is 9.28. The first-order valence-electron chi connectivity index (χ1n) is 18.1. The molecule has 5 aromatic carbocycles. The molecule has 3 heteroatoms. The molecule has 3 unspecified atom stereocenters. The molecule has 2 heterocycles. The Labute approximate surface area is 293 Å². The molecule has 0 bridgehead atoms. The van der Waals surface area contributed by atoms with Crippen molar-refractivity contribution in [3.05, 3.63) is 167 Å². The third-order valence-corrected chi connectivity index (χ3v) is 11.6. The van der Waals surface area contributed by atoms with Crippen LogP contribution in [0.15, 0.2) is 139 Å². The van der Waals surface area contributed by atoms with Gasteiger partial charge in [-0.05, 0) is 88.0 Å². The van der Waals surface area contributed by atoms with Crippen molar-refractivity contribution in [2.24, 2.45) is 16.8 Å². The summed E-state index contributed by atoms with van der Waals surface area (Å²) in [4.78, 5) is 5.25. The van der Waals surface area contributed by atoms with E-state index in [9.17, 15) is 0 Å². The standard InChI is InChI=1S/C47H40N3/c1-29-25-26-40-37(27-29)42-41-36-22-11-12-23-38(36)47(3,4)43(41)34-20-9-10-21-35(34)44(42)49(40)33-19-14-18-32(28-33)46-48-45(31-16-6-5-7-17-31)50(46)39-24-13-8-15-30(39)2/h5-26,28-30,39H,27H2,1-4H3/q+1. The predicted octanol–water partition coefficient (Wildman–Crippen LogP) is 10.6. The Kier molecular flexibility index (Phi) is 6.30. The van der Waals surface area contributed by atoms with Gasteiger partial charge in [0.25, 0.3) is 11.7 Å². The van der Waals surface area contributed by atoms with Gasteiger partial charge in [0.2, 0.25) is 0 Å². The third-order valence-electron chi connectivity index (χ3n) is 11.6. The molecule has 4 aliphatic rings. The molecule has 0 N–H and O–H groups in total. The van der Waals surface area contributed by atoms with Crippen molar-refractivity contribution in [3.63, 3.8) is 0 Å². The molecule has 1 aliphatic heterocycles. The quantitative estimate of drug-likeness (QED) is 0.170. The lowest BCUT2D eigenvalue weighted by Gasteiger charge is -2.29. The van der Waals surface area contributed by atoms with Crippen LogP contribution in [0.1, 0.15) is 61.2 Å². The minimum absolute atomic E-state index is 0.0938. The number of rotatable bonds is 4. The molecule has 0 amide bonds. The second kappa shape index (κ2) is 10.7. The van der Waals surface area contributed by atoms with Crippen molar-refractivity contribution < 1.29 is 4.58 Å². The van der Waals surface area contributed by atoms with Gasteiger partial charge in [-0.15, -0.1) is 0 Å². The number of fused-ring (bicyclic) bond motifs is 10. The van der Waals surface area contributed by atoms with Crippen LogP contribution in [-0.2, 0) is 11.8 Å². The van der Waals surface area contributed by atoms with E-state index in [4.69, 9.17) is 4.99 Å². The highest BCUT2D eigenvalue weighted by Crippen LogP contribution is 2.56. The van der Waals surface area contributed by atoms with Gasteiger partial charge in [-0.1, -0.05) is 130 Å². The van der Waals surface area contributed by atoms with Crippen LogP contribution in [0.2, 0.25) is 0 Å². The maximum absolute atomic E-state index is 5.25. The van der Waals surface area contributed by atoms with E-state index in [1.54, 1.807) is 0 Å². The summed E-state index contributed by atoms with van der Waals surface area (Å²) in [5.74, 6) is 2.90. The van der Waals surface area contributed by atoms with Crippen LogP contribution in [0.25, 0.3) is 44.6 Å². The SMILES string of the molecule is CC1C=Cc2c(c3c4c(c5ccccc5c3n2-c2cccc(C3=NC(c5ccccc5)=[N+]3C3C=CC=CC3C)c2)C(C)(C)c2ccccc2-4)C1. The number of amidine groups is 2. The first kappa shape index (κ1) is 29.4. The second-order valence-electron chi connectivity index (χ2n) is 15.1. The molecule has 0 saturated heterocycles. The molecule has 10 rings (SSSR count). The highest BCUT2D eigenvalue weighted by atomic mass is 15.3. The average Bonchev–Trinajstić information content (AvgIpc) is 3.58. The van der Waals surface area contributed by atoms with Gasteiger partial charge in [0.1, 0.15) is 6.04 Å². The van der Waals surface area contributed by atoms with E-state index in [2.05, 4.69) is 176 Å². The molecule has 0 radical (unpaired) electrons. The Morgan fingerprint density at radius 3 is 2.34 bits per heavy atom. The van der Waals surface area contributed by atoms with Crippen LogP contribution in [0.3, 0.4) is 0 Å². The van der Waals surface area contributed by atoms with E-state index in [1.807, 2.05) is 0 Å². The molecule has 50 heavy (non-hydrogen) atoms. The minimum Gasteiger partial charge on any atom is -0.309 e. The highest BCUT2D eigenvalue weighted by Gasteiger charge is 2.41. The van der Waals surface area contributed by atoms with E-state index in [0.29, 0.717) is 11.8 Å². The van der Waals surface area contributed by atoms with Gasteiger partial charge in [-0.3, -0.25) is 0 Å². The number of allylic oxidation sites excluding steroid dienone is 3. The average molecular weight is 647 g/mol. The molecule has 1 aromatic heterocycles. The molecule has 3 nitrogen and oxygen atoms in total. The van der Waals surface area contributed by atoms with Gasteiger partial charge < -0.3 is 4.57 Å². The largest absolute Gasteiger partial charge is 0.309 e. The molecule has 0 fully saturated rings. The first-order valence-corrected chi connectivity index (χ1v) is 18.1. The molecular weight excluding hydrogens is 607 g/mol. The number of aromatic nitrogens is 1. The monoisotopic (exact) mass is 646 g/mol. The lowest BCUT2D eigenvalue weighted by Crippen LogP contribution is -2.46. The van der Waals surface area contributed by atoms with Crippen LogP contribution in [0, 0.1) is 11.8 Å². The van der Waals surface area contributed by atoms with Crippen LogP contribution in [-0.4, -0.2) is 26.9 Å². The summed E-state index contributed by atoms with van der Waals surface area (Å²) in [6.07, 6.45) is 14.8. The molecular formula is C47H40N3+. The van der Waals surface area contributed by atoms with Crippen molar-refractivity contribution in [1.82, 2.24) is 4.57 Å². The molecule has 6 aromatic rings. The summed E-state index contributed by atoms with van der Waals surface area (Å²) in [6, 6.07) is 38.1. The van der Waals surface area contributed by atoms with E-state index >= 15 is 0 Å². The van der Waals surface area contributed by atoms with E-state index in [1.165, 1.54) is 60.9 Å². The van der Waals surface area contributed by atoms with Crippen LogP contribution in [0.5, 0.6) is 0 Å². The summed E-state index contributed by atoms with van der Waals surface area (Å²) < 4.78 is 5.01. The first-order chi connectivity index (χ1) is 24.4. The second-order valence-corrected chi connectivity index (χ2v) is 15.1. The van der Waals surface area contributed by atoms with Crippen molar-refractivity contribution in [3.8, 4) is 16.8 Å². The summed E-state index contributed by atoms with van der Waals surface area (Å²) in [5.41, 5.74) is 13.1. The molecule has 242 valence electrons. The number of hydrogen-bond donors (Lipinski definition) is 0. The number of hydrogen-bond acceptors (Lipinski definition) is 1. The predicted molar refractivity (Wildman–Crippen MR) is 209 cm³/mol. The highest BCUT2D eigenvalue weighted by molar-refractivity contribution is 6.20. The van der Waals surface area contributed by atoms with Gasteiger partial charge in [-0.25, -0.2) is 4.58 Å². The third kappa shape index (κ3) is 4.04. The van der Waals surface area contributed by atoms with Crippen LogP contribution in [0.4, 0.5) is 0 Å². The van der Waals surface area contributed by atoms with Gasteiger partial charge in [0, 0.05) is 33.5 Å². The van der Waals surface area contributed by atoms with Gasteiger partial charge in [0.15, 0.2) is 0 Å². The molecule has 3 aliphatic carbocycles. The summed E-state index contributed by atoms with van der Waals surface area (Å²) in [5, 5.41) is 4.09. The van der Waals surface area contributed by atoms with Crippen molar-refractivity contribution in [1.29, 1.82) is 0 Å². The Hall–Kier alpha value is -5.54. The molecule has 0 spiro atoms. The van der Waals surface area contributed by atoms with Gasteiger partial charge in [0.05, 0.1) is 16.6 Å². The zero-order chi connectivity index (χ0) is 33.7. The number of benzene rings is 5. The van der Waals surface area contributed by atoms with Gasteiger partial charge in [-0.2, -0.15) is 0 Å². The van der Waals surface area contributed by atoms with E-state index in [0.717, 1.165) is 29.2 Å². The van der Waals surface area contributed by atoms with E-state index in [-0.39, 0.29) is 11.5 Å². The van der Waals surface area contributed by atoms with Crippen molar-refractivity contribution >= 4 is 39.4 Å². The summed E-state index contributed by atoms with van der Waals surface area (Å²) in [7, 11) is 0. The fraction of sp³-hybridized carbons (Fsp3) is 0.191. The van der Waals surface area contributed by atoms with Crippen molar-refractivity contribution in [2.45, 2.75) is 45.6 Å². The van der Waals surface area contributed by atoms with Crippen LogP contribution < -0.4 is 0 Å². The normalized spacial score (nSPS) is 21.3. The Bertz CT molecular complexity index is 2570. The number of aliphatic imine (C=N–C) groups is 1. The molecule has 0 saturated carbocycles.